The lowest BCUT2D eigenvalue weighted by Crippen LogP contribution is -2.52. The van der Waals surface area contributed by atoms with Crippen LogP contribution in [0.4, 0.5) is 0 Å². The Bertz CT molecular complexity index is 850. The Balaban J connectivity index is 0.00000341. The average Bonchev–Trinajstić information content (AvgIpc) is 2.72. The van der Waals surface area contributed by atoms with Crippen LogP contribution in [0.1, 0.15) is 35.3 Å². The Morgan fingerprint density at radius 2 is 1.58 bits per heavy atom. The Labute approximate surface area is 202 Å². The topological polar surface area (TPSA) is 35.6 Å². The first-order valence-electron chi connectivity index (χ1n) is 10.6. The van der Waals surface area contributed by atoms with Crippen molar-refractivity contribution in [1.82, 2.24) is 15.1 Å². The normalized spacial score (nSPS) is 16.1. The fourth-order valence-corrected chi connectivity index (χ4v) is 4.00. The second-order valence-corrected chi connectivity index (χ2v) is 9.33. The van der Waals surface area contributed by atoms with Crippen LogP contribution in [0.2, 0.25) is 10.0 Å². The van der Waals surface area contributed by atoms with Crippen molar-refractivity contribution in [1.29, 1.82) is 0 Å². The van der Waals surface area contributed by atoms with Gasteiger partial charge in [-0.2, -0.15) is 0 Å². The Hall–Kier alpha value is -1.30. The van der Waals surface area contributed by atoms with Crippen molar-refractivity contribution in [3.63, 3.8) is 0 Å². The van der Waals surface area contributed by atoms with E-state index in [1.165, 1.54) is 5.56 Å². The van der Waals surface area contributed by atoms with Gasteiger partial charge >= 0.3 is 0 Å². The van der Waals surface area contributed by atoms with Crippen LogP contribution in [-0.4, -0.2) is 54.5 Å². The molecule has 1 unspecified atom stereocenters. The fraction of sp³-hybridized carbons (Fsp3) is 0.458. The summed E-state index contributed by atoms with van der Waals surface area (Å²) < 4.78 is 0. The van der Waals surface area contributed by atoms with Gasteiger partial charge in [-0.05, 0) is 42.7 Å². The standard InChI is InChI=1S/C24H31Cl2N3O.ClH/c1-17(2)23(27-24(30)20-7-4-18(3)5-8-20)16-29-12-10-28(11-13-29)15-19-6-9-21(25)22(26)14-19;/h4-9,14,17,23H,10-13,15-16H2,1-3H3,(H,27,30);1H. The number of aryl methyl sites for hydroxylation is 1. The molecule has 1 heterocycles. The van der Waals surface area contributed by atoms with Gasteiger partial charge in [0.1, 0.15) is 0 Å². The smallest absolute Gasteiger partial charge is 0.251 e. The monoisotopic (exact) mass is 483 g/mol. The van der Waals surface area contributed by atoms with Crippen molar-refractivity contribution >= 4 is 41.5 Å². The van der Waals surface area contributed by atoms with Crippen LogP contribution in [0.15, 0.2) is 42.5 Å². The quantitative estimate of drug-likeness (QED) is 0.579. The number of hydrogen-bond donors (Lipinski definition) is 1. The van der Waals surface area contributed by atoms with Crippen molar-refractivity contribution in [3.8, 4) is 0 Å². The molecule has 2 aromatic rings. The van der Waals surface area contributed by atoms with Crippen molar-refractivity contribution < 1.29 is 4.79 Å². The van der Waals surface area contributed by atoms with Gasteiger partial charge in [-0.25, -0.2) is 0 Å². The summed E-state index contributed by atoms with van der Waals surface area (Å²) in [6.07, 6.45) is 0. The van der Waals surface area contributed by atoms with Gasteiger partial charge in [-0.1, -0.05) is 60.8 Å². The molecule has 0 aliphatic carbocycles. The molecule has 0 bridgehead atoms. The zero-order valence-electron chi connectivity index (χ0n) is 18.4. The minimum absolute atomic E-state index is 0. The van der Waals surface area contributed by atoms with E-state index in [-0.39, 0.29) is 24.4 Å². The second-order valence-electron chi connectivity index (χ2n) is 8.52. The van der Waals surface area contributed by atoms with Crippen LogP contribution in [0.25, 0.3) is 0 Å². The van der Waals surface area contributed by atoms with E-state index in [0.29, 0.717) is 16.0 Å². The maximum absolute atomic E-state index is 12.7. The molecule has 2 aromatic carbocycles. The molecule has 0 aromatic heterocycles. The molecule has 1 amide bonds. The van der Waals surface area contributed by atoms with Crippen molar-refractivity contribution in [2.24, 2.45) is 5.92 Å². The number of amides is 1. The predicted molar refractivity (Wildman–Crippen MR) is 133 cm³/mol. The summed E-state index contributed by atoms with van der Waals surface area (Å²) in [5.74, 6) is 0.376. The number of rotatable bonds is 7. The van der Waals surface area contributed by atoms with Crippen LogP contribution in [0.3, 0.4) is 0 Å². The van der Waals surface area contributed by atoms with E-state index in [4.69, 9.17) is 23.2 Å². The summed E-state index contributed by atoms with van der Waals surface area (Å²) in [6, 6.07) is 13.7. The highest BCUT2D eigenvalue weighted by molar-refractivity contribution is 6.42. The predicted octanol–water partition coefficient (Wildman–Crippen LogP) is 5.30. The largest absolute Gasteiger partial charge is 0.348 e. The molecule has 170 valence electrons. The van der Waals surface area contributed by atoms with Gasteiger partial charge in [0.15, 0.2) is 0 Å². The van der Waals surface area contributed by atoms with Gasteiger partial charge < -0.3 is 5.32 Å². The molecule has 1 aliphatic heterocycles. The highest BCUT2D eigenvalue weighted by atomic mass is 35.5. The van der Waals surface area contributed by atoms with Gasteiger partial charge in [0.2, 0.25) is 0 Å². The number of benzene rings is 2. The van der Waals surface area contributed by atoms with E-state index in [1.54, 1.807) is 0 Å². The molecule has 4 nitrogen and oxygen atoms in total. The van der Waals surface area contributed by atoms with Crippen LogP contribution in [0, 0.1) is 12.8 Å². The summed E-state index contributed by atoms with van der Waals surface area (Å²) in [5.41, 5.74) is 3.06. The molecular weight excluding hydrogens is 453 g/mol. The zero-order valence-corrected chi connectivity index (χ0v) is 20.7. The Kier molecular flexibility index (Phi) is 10.1. The van der Waals surface area contributed by atoms with E-state index in [9.17, 15) is 4.79 Å². The van der Waals surface area contributed by atoms with Gasteiger partial charge in [0.25, 0.3) is 5.91 Å². The lowest BCUT2D eigenvalue weighted by atomic mass is 10.0. The number of hydrogen-bond acceptors (Lipinski definition) is 3. The van der Waals surface area contributed by atoms with Crippen molar-refractivity contribution in [3.05, 3.63) is 69.2 Å². The van der Waals surface area contributed by atoms with Gasteiger partial charge in [0, 0.05) is 50.9 Å². The number of halogens is 3. The number of nitrogens with one attached hydrogen (secondary N) is 1. The molecule has 31 heavy (non-hydrogen) atoms. The van der Waals surface area contributed by atoms with E-state index in [1.807, 2.05) is 49.4 Å². The lowest BCUT2D eigenvalue weighted by Gasteiger charge is -2.37. The minimum atomic E-state index is 0. The SMILES string of the molecule is Cc1ccc(C(=O)NC(CN2CCN(Cc3ccc(Cl)c(Cl)c3)CC2)C(C)C)cc1.Cl. The lowest BCUT2D eigenvalue weighted by molar-refractivity contribution is 0.0862. The third-order valence-electron chi connectivity index (χ3n) is 5.74. The first kappa shape index (κ1) is 26.0. The summed E-state index contributed by atoms with van der Waals surface area (Å²) in [4.78, 5) is 17.5. The van der Waals surface area contributed by atoms with E-state index < -0.39 is 0 Å². The average molecular weight is 485 g/mol. The first-order valence-corrected chi connectivity index (χ1v) is 11.3. The van der Waals surface area contributed by atoms with Gasteiger partial charge in [0.05, 0.1) is 10.0 Å². The zero-order chi connectivity index (χ0) is 21.7. The fourth-order valence-electron chi connectivity index (χ4n) is 3.68. The highest BCUT2D eigenvalue weighted by Crippen LogP contribution is 2.23. The number of carbonyl (C=O) groups excluding carboxylic acids is 1. The molecule has 0 saturated carbocycles. The molecule has 1 fully saturated rings. The summed E-state index contributed by atoms with van der Waals surface area (Å²) in [7, 11) is 0. The molecule has 7 heteroatoms. The third kappa shape index (κ3) is 7.65. The Morgan fingerprint density at radius 3 is 2.16 bits per heavy atom. The summed E-state index contributed by atoms with van der Waals surface area (Å²) in [5, 5.41) is 4.44. The molecule has 1 aliphatic rings. The Morgan fingerprint density at radius 1 is 0.968 bits per heavy atom. The van der Waals surface area contributed by atoms with E-state index in [2.05, 4.69) is 29.0 Å². The minimum Gasteiger partial charge on any atom is -0.348 e. The van der Waals surface area contributed by atoms with Crippen LogP contribution < -0.4 is 5.32 Å². The second kappa shape index (κ2) is 12.1. The maximum atomic E-state index is 12.7. The molecule has 0 spiro atoms. The van der Waals surface area contributed by atoms with Crippen molar-refractivity contribution in [2.75, 3.05) is 32.7 Å². The number of carbonyl (C=O) groups is 1. The molecule has 1 atom stereocenters. The van der Waals surface area contributed by atoms with Crippen LogP contribution in [0.5, 0.6) is 0 Å². The van der Waals surface area contributed by atoms with Crippen molar-refractivity contribution in [2.45, 2.75) is 33.4 Å². The summed E-state index contributed by atoms with van der Waals surface area (Å²) >= 11 is 12.2. The van der Waals surface area contributed by atoms with E-state index >= 15 is 0 Å². The van der Waals surface area contributed by atoms with Gasteiger partial charge in [-0.15, -0.1) is 12.4 Å². The third-order valence-corrected chi connectivity index (χ3v) is 6.48. The first-order chi connectivity index (χ1) is 14.3. The number of piperazine rings is 1. The van der Waals surface area contributed by atoms with Crippen LogP contribution in [-0.2, 0) is 6.54 Å². The molecule has 0 radical (unpaired) electrons. The molecular formula is C24H32Cl3N3O. The van der Waals surface area contributed by atoms with E-state index in [0.717, 1.165) is 50.4 Å². The molecule has 1 N–H and O–H groups in total. The van der Waals surface area contributed by atoms with Crippen LogP contribution >= 0.6 is 35.6 Å². The molecule has 3 rings (SSSR count). The summed E-state index contributed by atoms with van der Waals surface area (Å²) in [6.45, 7) is 12.1. The maximum Gasteiger partial charge on any atom is 0.251 e. The van der Waals surface area contributed by atoms with Gasteiger partial charge in [-0.3, -0.25) is 14.6 Å². The highest BCUT2D eigenvalue weighted by Gasteiger charge is 2.23. The molecule has 1 saturated heterocycles. The number of nitrogens with zero attached hydrogens (tertiary/aromatic N) is 2.